The molecule has 0 aliphatic heterocycles. The Bertz CT molecular complexity index is 300. The quantitative estimate of drug-likeness (QED) is 0.573. The third-order valence-electron chi connectivity index (χ3n) is 1.75. The van der Waals surface area contributed by atoms with E-state index in [9.17, 15) is 0 Å². The Balaban J connectivity index is 0.00000144. The van der Waals surface area contributed by atoms with Gasteiger partial charge in [-0.25, -0.2) is 0 Å². The second kappa shape index (κ2) is 5.71. The number of rotatable bonds is 2. The Morgan fingerprint density at radius 1 is 1.38 bits per heavy atom. The first-order chi connectivity index (χ1) is 5.65. The van der Waals surface area contributed by atoms with Crippen molar-refractivity contribution in [3.63, 3.8) is 0 Å². The van der Waals surface area contributed by atoms with Crippen molar-refractivity contribution in [2.75, 3.05) is 0 Å². The molecular formula is C9H10BO2Y+2. The largest absolute Gasteiger partial charge is 3.00 e. The Morgan fingerprint density at radius 2 is 2.00 bits per heavy atom. The summed E-state index contributed by atoms with van der Waals surface area (Å²) in [4.78, 5) is 0. The molecule has 0 heterocycles. The number of hydrogen-bond acceptors (Lipinski definition) is 2. The molecule has 0 bridgehead atoms. The van der Waals surface area contributed by atoms with Crippen LogP contribution in [0.5, 0.6) is 0 Å². The summed E-state index contributed by atoms with van der Waals surface area (Å²) < 4.78 is 0. The molecule has 2 N–H and O–H groups in total. The third-order valence-corrected chi connectivity index (χ3v) is 1.75. The SMILES string of the molecule is C=[C-]c1cc(B(O)O)ccc1C.[Y+3]. The minimum atomic E-state index is -1.42. The molecule has 0 spiro atoms. The van der Waals surface area contributed by atoms with Crippen LogP contribution in [0.15, 0.2) is 24.8 Å². The van der Waals surface area contributed by atoms with Crippen molar-refractivity contribution in [3.8, 4) is 0 Å². The van der Waals surface area contributed by atoms with Gasteiger partial charge < -0.3 is 10.0 Å². The summed E-state index contributed by atoms with van der Waals surface area (Å²) in [7, 11) is -1.42. The van der Waals surface area contributed by atoms with Crippen LogP contribution in [0.25, 0.3) is 0 Å². The van der Waals surface area contributed by atoms with Crippen molar-refractivity contribution in [2.24, 2.45) is 0 Å². The summed E-state index contributed by atoms with van der Waals surface area (Å²) in [6, 6.07) is 5.14. The normalized spacial score (nSPS) is 8.85. The van der Waals surface area contributed by atoms with Crippen LogP contribution < -0.4 is 5.46 Å². The molecule has 62 valence electrons. The van der Waals surface area contributed by atoms with Crippen LogP contribution in [0.2, 0.25) is 0 Å². The molecule has 0 fully saturated rings. The second-order valence-corrected chi connectivity index (χ2v) is 2.62. The molecule has 0 atom stereocenters. The first-order valence-corrected chi connectivity index (χ1v) is 3.65. The van der Waals surface area contributed by atoms with Gasteiger partial charge in [-0.3, -0.25) is 0 Å². The van der Waals surface area contributed by atoms with E-state index in [2.05, 4.69) is 12.7 Å². The predicted octanol–water partition coefficient (Wildman–Crippen LogP) is 0.00961. The van der Waals surface area contributed by atoms with Gasteiger partial charge in [-0.1, -0.05) is 18.5 Å². The monoisotopic (exact) mass is 250 g/mol. The smallest absolute Gasteiger partial charge is 0.424 e. The van der Waals surface area contributed by atoms with Gasteiger partial charge >= 0.3 is 39.8 Å². The Labute approximate surface area is 104 Å². The molecule has 1 rings (SSSR count). The number of aryl methyl sites for hydroxylation is 1. The first-order valence-electron chi connectivity index (χ1n) is 3.65. The molecule has 0 amide bonds. The van der Waals surface area contributed by atoms with Gasteiger partial charge in [-0.05, 0) is 0 Å². The average molecular weight is 250 g/mol. The van der Waals surface area contributed by atoms with Gasteiger partial charge in [0.15, 0.2) is 0 Å². The maximum absolute atomic E-state index is 8.84. The van der Waals surface area contributed by atoms with Gasteiger partial charge in [-0.2, -0.15) is 29.8 Å². The van der Waals surface area contributed by atoms with Crippen LogP contribution in [-0.2, 0) is 32.7 Å². The second-order valence-electron chi connectivity index (χ2n) is 2.62. The zero-order valence-electron chi connectivity index (χ0n) is 7.49. The molecule has 0 aromatic heterocycles. The van der Waals surface area contributed by atoms with Crippen molar-refractivity contribution in [1.29, 1.82) is 0 Å². The van der Waals surface area contributed by atoms with Gasteiger partial charge in [0.2, 0.25) is 0 Å². The molecule has 0 radical (unpaired) electrons. The maximum Gasteiger partial charge on any atom is 3.00 e. The molecule has 2 nitrogen and oxygen atoms in total. The molecule has 0 saturated heterocycles. The van der Waals surface area contributed by atoms with E-state index in [1.165, 1.54) is 0 Å². The van der Waals surface area contributed by atoms with Crippen LogP contribution in [-0.4, -0.2) is 17.2 Å². The number of hydrogen-bond donors (Lipinski definition) is 2. The fourth-order valence-corrected chi connectivity index (χ4v) is 0.991. The summed E-state index contributed by atoms with van der Waals surface area (Å²) in [5, 5.41) is 17.7. The number of benzene rings is 1. The predicted molar refractivity (Wildman–Crippen MR) is 49.0 cm³/mol. The standard InChI is InChI=1S/C9H10BO2.Y/c1-3-8-6-9(10(11)12)5-4-7(8)2;/h4-6,11-12H,1H2,2H3;/q-1;+3. The molecular weight excluding hydrogens is 240 g/mol. The van der Waals surface area contributed by atoms with E-state index >= 15 is 0 Å². The third kappa shape index (κ3) is 3.35. The van der Waals surface area contributed by atoms with E-state index in [0.29, 0.717) is 5.46 Å². The summed E-state index contributed by atoms with van der Waals surface area (Å²) >= 11 is 0. The van der Waals surface area contributed by atoms with Gasteiger partial charge in [0.25, 0.3) is 0 Å². The van der Waals surface area contributed by atoms with Crippen LogP contribution >= 0.6 is 0 Å². The average Bonchev–Trinajstić information content (AvgIpc) is 2.05. The molecule has 0 aliphatic rings. The Hall–Kier alpha value is 0.0488. The van der Waals surface area contributed by atoms with E-state index in [0.717, 1.165) is 11.1 Å². The Morgan fingerprint density at radius 3 is 2.46 bits per heavy atom. The zero-order chi connectivity index (χ0) is 9.14. The van der Waals surface area contributed by atoms with E-state index in [-0.39, 0.29) is 32.7 Å². The van der Waals surface area contributed by atoms with Gasteiger partial charge in [0, 0.05) is 0 Å². The molecule has 0 aliphatic carbocycles. The fraction of sp³-hybridized carbons (Fsp3) is 0.111. The Kier molecular flexibility index (Phi) is 5.73. The summed E-state index contributed by atoms with van der Waals surface area (Å²) in [5.41, 5.74) is 2.29. The van der Waals surface area contributed by atoms with Crippen LogP contribution in [0.3, 0.4) is 0 Å². The van der Waals surface area contributed by atoms with Crippen LogP contribution in [0.1, 0.15) is 11.1 Å². The van der Waals surface area contributed by atoms with E-state index in [1.807, 2.05) is 13.0 Å². The minimum absolute atomic E-state index is 0. The molecule has 0 unspecified atom stereocenters. The first kappa shape index (κ1) is 13.0. The molecule has 1 aromatic rings. The molecule has 0 saturated carbocycles. The molecule has 4 heteroatoms. The molecule has 1 aromatic carbocycles. The van der Waals surface area contributed by atoms with E-state index < -0.39 is 7.12 Å². The minimum Gasteiger partial charge on any atom is -0.424 e. The summed E-state index contributed by atoms with van der Waals surface area (Å²) in [6.07, 6.45) is 2.72. The van der Waals surface area contributed by atoms with Crippen molar-refractivity contribution in [2.45, 2.75) is 6.92 Å². The van der Waals surface area contributed by atoms with Gasteiger partial charge in [-0.15, -0.1) is 6.07 Å². The van der Waals surface area contributed by atoms with Crippen molar-refractivity contribution >= 4 is 12.6 Å². The van der Waals surface area contributed by atoms with Crippen molar-refractivity contribution < 1.29 is 42.8 Å². The molecule has 13 heavy (non-hydrogen) atoms. The maximum atomic E-state index is 8.84. The fourth-order valence-electron chi connectivity index (χ4n) is 0.991. The van der Waals surface area contributed by atoms with Crippen LogP contribution in [0.4, 0.5) is 0 Å². The van der Waals surface area contributed by atoms with Crippen LogP contribution in [0, 0.1) is 13.0 Å². The van der Waals surface area contributed by atoms with Crippen molar-refractivity contribution in [1.82, 2.24) is 0 Å². The van der Waals surface area contributed by atoms with E-state index in [1.54, 1.807) is 12.1 Å². The van der Waals surface area contributed by atoms with Crippen molar-refractivity contribution in [3.05, 3.63) is 42.0 Å². The summed E-state index contributed by atoms with van der Waals surface area (Å²) in [5.74, 6) is 0. The van der Waals surface area contributed by atoms with Gasteiger partial charge in [0.05, 0.1) is 0 Å². The van der Waals surface area contributed by atoms with Gasteiger partial charge in [0.1, 0.15) is 0 Å². The summed E-state index contributed by atoms with van der Waals surface area (Å²) in [6.45, 7) is 5.42. The topological polar surface area (TPSA) is 40.5 Å². The zero-order valence-corrected chi connectivity index (χ0v) is 10.3. The van der Waals surface area contributed by atoms with E-state index in [4.69, 9.17) is 10.0 Å².